The summed E-state index contributed by atoms with van der Waals surface area (Å²) in [5.74, 6) is 1.06. The van der Waals surface area contributed by atoms with E-state index in [1.807, 2.05) is 4.57 Å². The Morgan fingerprint density at radius 1 is 1.64 bits per heavy atom. The minimum Gasteiger partial charge on any atom is -0.317 e. The van der Waals surface area contributed by atoms with E-state index >= 15 is 0 Å². The maximum absolute atomic E-state index is 5.92. The fraction of sp³-hybridized carbons (Fsp3) is 0.625. The molecule has 1 aromatic heterocycles. The van der Waals surface area contributed by atoms with Gasteiger partial charge in [-0.05, 0) is 13.8 Å². The second-order valence-electron chi connectivity index (χ2n) is 2.81. The molecule has 0 aliphatic rings. The Balaban J connectivity index is 3.07. The second-order valence-corrected chi connectivity index (χ2v) is 3.20. The number of imidazole rings is 1. The largest absolute Gasteiger partial charge is 0.317 e. The van der Waals surface area contributed by atoms with Crippen molar-refractivity contribution in [3.05, 3.63) is 17.2 Å². The molecule has 0 N–H and O–H groups in total. The molecule has 0 aromatic carbocycles. The maximum atomic E-state index is 5.92. The van der Waals surface area contributed by atoms with Gasteiger partial charge >= 0.3 is 0 Å². The number of rotatable bonds is 2. The van der Waals surface area contributed by atoms with Crippen LogP contribution in [0, 0.1) is 0 Å². The number of nitrogens with zero attached hydrogens (tertiary/aromatic N) is 2. The van der Waals surface area contributed by atoms with Crippen LogP contribution in [-0.4, -0.2) is 9.55 Å². The lowest BCUT2D eigenvalue weighted by atomic mass is 10.3. The van der Waals surface area contributed by atoms with Crippen LogP contribution in [0.25, 0.3) is 0 Å². The summed E-state index contributed by atoms with van der Waals surface area (Å²) in [5, 5.41) is 0.733. The molecular weight excluding hydrogens is 160 g/mol. The van der Waals surface area contributed by atoms with E-state index < -0.39 is 0 Å². The van der Waals surface area contributed by atoms with Crippen molar-refractivity contribution in [2.75, 3.05) is 0 Å². The molecule has 0 radical (unpaired) electrons. The SMILES string of the molecule is CCc1ncc(Cl)n1C(C)C. The lowest BCUT2D eigenvalue weighted by Crippen LogP contribution is -2.05. The summed E-state index contributed by atoms with van der Waals surface area (Å²) in [7, 11) is 0. The van der Waals surface area contributed by atoms with Crippen LogP contribution in [0.1, 0.15) is 32.6 Å². The van der Waals surface area contributed by atoms with Crippen LogP contribution < -0.4 is 0 Å². The van der Waals surface area contributed by atoms with Crippen molar-refractivity contribution >= 4 is 11.6 Å². The van der Waals surface area contributed by atoms with Crippen LogP contribution in [0.2, 0.25) is 5.15 Å². The molecule has 0 saturated carbocycles. The van der Waals surface area contributed by atoms with Gasteiger partial charge in [0.2, 0.25) is 0 Å². The number of halogens is 1. The Morgan fingerprint density at radius 3 is 2.64 bits per heavy atom. The summed E-state index contributed by atoms with van der Waals surface area (Å²) in [6.07, 6.45) is 2.64. The van der Waals surface area contributed by atoms with Crippen molar-refractivity contribution < 1.29 is 0 Å². The van der Waals surface area contributed by atoms with Crippen LogP contribution in [0.5, 0.6) is 0 Å². The van der Waals surface area contributed by atoms with Gasteiger partial charge in [-0.1, -0.05) is 18.5 Å². The van der Waals surface area contributed by atoms with Gasteiger partial charge in [0.1, 0.15) is 11.0 Å². The van der Waals surface area contributed by atoms with Gasteiger partial charge in [-0.15, -0.1) is 0 Å². The van der Waals surface area contributed by atoms with Gasteiger partial charge < -0.3 is 4.57 Å². The lowest BCUT2D eigenvalue weighted by Gasteiger charge is -2.11. The lowest BCUT2D eigenvalue weighted by molar-refractivity contribution is 0.572. The fourth-order valence-electron chi connectivity index (χ4n) is 1.18. The van der Waals surface area contributed by atoms with Crippen LogP contribution >= 0.6 is 11.6 Å². The normalized spacial score (nSPS) is 11.0. The molecule has 1 rings (SSSR count). The molecular formula is C8H13ClN2. The van der Waals surface area contributed by atoms with Gasteiger partial charge in [0.15, 0.2) is 0 Å². The average Bonchev–Trinajstić information content (AvgIpc) is 2.30. The molecule has 2 nitrogen and oxygen atoms in total. The number of aromatic nitrogens is 2. The monoisotopic (exact) mass is 172 g/mol. The quantitative estimate of drug-likeness (QED) is 0.671. The minimum atomic E-state index is 0.403. The molecule has 0 aliphatic carbocycles. The first-order valence-electron chi connectivity index (χ1n) is 3.88. The first kappa shape index (κ1) is 8.60. The molecule has 0 aliphatic heterocycles. The number of hydrogen-bond acceptors (Lipinski definition) is 1. The zero-order chi connectivity index (χ0) is 8.43. The summed E-state index contributed by atoms with van der Waals surface area (Å²) in [4.78, 5) is 4.19. The molecule has 0 bridgehead atoms. The first-order valence-corrected chi connectivity index (χ1v) is 4.26. The van der Waals surface area contributed by atoms with Crippen molar-refractivity contribution in [3.63, 3.8) is 0 Å². The molecule has 1 heterocycles. The highest BCUT2D eigenvalue weighted by molar-refractivity contribution is 6.29. The highest BCUT2D eigenvalue weighted by atomic mass is 35.5. The van der Waals surface area contributed by atoms with Gasteiger partial charge in [-0.2, -0.15) is 0 Å². The summed E-state index contributed by atoms with van der Waals surface area (Å²) in [6, 6.07) is 0.403. The van der Waals surface area contributed by atoms with E-state index in [2.05, 4.69) is 25.8 Å². The van der Waals surface area contributed by atoms with E-state index in [0.717, 1.165) is 17.4 Å². The smallest absolute Gasteiger partial charge is 0.129 e. The molecule has 3 heteroatoms. The Labute approximate surface area is 72.2 Å². The van der Waals surface area contributed by atoms with Crippen molar-refractivity contribution in [1.29, 1.82) is 0 Å². The Bertz CT molecular complexity index is 240. The van der Waals surface area contributed by atoms with E-state index in [-0.39, 0.29) is 0 Å². The first-order chi connectivity index (χ1) is 5.16. The molecule has 0 spiro atoms. The third-order valence-corrected chi connectivity index (χ3v) is 1.94. The number of aryl methyl sites for hydroxylation is 1. The standard InChI is InChI=1S/C8H13ClN2/c1-4-8-10-5-7(9)11(8)6(2)3/h5-6H,4H2,1-3H3. The molecule has 0 saturated heterocycles. The van der Waals surface area contributed by atoms with Crippen LogP contribution in [-0.2, 0) is 6.42 Å². The highest BCUT2D eigenvalue weighted by Crippen LogP contribution is 2.17. The van der Waals surface area contributed by atoms with E-state index in [1.165, 1.54) is 0 Å². The summed E-state index contributed by atoms with van der Waals surface area (Å²) >= 11 is 5.92. The predicted octanol–water partition coefficient (Wildman–Crippen LogP) is 2.68. The Kier molecular flexibility index (Phi) is 2.55. The van der Waals surface area contributed by atoms with Gasteiger partial charge in [0.05, 0.1) is 6.20 Å². The molecule has 62 valence electrons. The molecule has 0 fully saturated rings. The van der Waals surface area contributed by atoms with Crippen molar-refractivity contribution in [1.82, 2.24) is 9.55 Å². The van der Waals surface area contributed by atoms with Crippen LogP contribution in [0.4, 0.5) is 0 Å². The molecule has 0 unspecified atom stereocenters. The second kappa shape index (κ2) is 3.26. The van der Waals surface area contributed by atoms with E-state index in [1.54, 1.807) is 6.20 Å². The zero-order valence-electron chi connectivity index (χ0n) is 7.13. The van der Waals surface area contributed by atoms with Gasteiger partial charge in [0.25, 0.3) is 0 Å². The zero-order valence-corrected chi connectivity index (χ0v) is 7.89. The molecule has 11 heavy (non-hydrogen) atoms. The molecule has 0 amide bonds. The van der Waals surface area contributed by atoms with Crippen LogP contribution in [0.3, 0.4) is 0 Å². The summed E-state index contributed by atoms with van der Waals surface area (Å²) in [6.45, 7) is 6.29. The topological polar surface area (TPSA) is 17.8 Å². The van der Waals surface area contributed by atoms with Gasteiger partial charge in [-0.3, -0.25) is 0 Å². The van der Waals surface area contributed by atoms with Gasteiger partial charge in [0, 0.05) is 12.5 Å². The van der Waals surface area contributed by atoms with Crippen molar-refractivity contribution in [2.24, 2.45) is 0 Å². The minimum absolute atomic E-state index is 0.403. The van der Waals surface area contributed by atoms with Gasteiger partial charge in [-0.25, -0.2) is 4.98 Å². The average molecular weight is 173 g/mol. The third-order valence-electron chi connectivity index (χ3n) is 1.66. The Morgan fingerprint density at radius 2 is 2.27 bits per heavy atom. The van der Waals surface area contributed by atoms with E-state index in [9.17, 15) is 0 Å². The molecule has 0 atom stereocenters. The molecule has 1 aromatic rings. The van der Waals surface area contributed by atoms with Crippen LogP contribution in [0.15, 0.2) is 6.20 Å². The van der Waals surface area contributed by atoms with Crippen molar-refractivity contribution in [2.45, 2.75) is 33.2 Å². The fourth-order valence-corrected chi connectivity index (χ4v) is 1.52. The maximum Gasteiger partial charge on any atom is 0.129 e. The predicted molar refractivity (Wildman–Crippen MR) is 47.0 cm³/mol. The summed E-state index contributed by atoms with van der Waals surface area (Å²) in [5.41, 5.74) is 0. The Hall–Kier alpha value is -0.500. The van der Waals surface area contributed by atoms with Crippen molar-refractivity contribution in [3.8, 4) is 0 Å². The third kappa shape index (κ3) is 1.56. The highest BCUT2D eigenvalue weighted by Gasteiger charge is 2.08. The summed E-state index contributed by atoms with van der Waals surface area (Å²) < 4.78 is 2.04. The number of hydrogen-bond donors (Lipinski definition) is 0. The van der Waals surface area contributed by atoms with E-state index in [4.69, 9.17) is 11.6 Å². The van der Waals surface area contributed by atoms with E-state index in [0.29, 0.717) is 6.04 Å².